The molecule has 2 aromatic heterocycles. The molecule has 6 aromatic rings. The quantitative estimate of drug-likeness (QED) is 0.320. The Morgan fingerprint density at radius 1 is 0.706 bits per heavy atom. The molecule has 0 saturated carbocycles. The summed E-state index contributed by atoms with van der Waals surface area (Å²) in [5.41, 5.74) is 8.39. The number of aromatic nitrogens is 4. The third kappa shape index (κ3) is 3.57. The van der Waals surface area contributed by atoms with Gasteiger partial charge in [0.25, 0.3) is 0 Å². The van der Waals surface area contributed by atoms with Gasteiger partial charge in [-0.05, 0) is 44.2 Å². The first-order chi connectivity index (χ1) is 16.7. The van der Waals surface area contributed by atoms with Crippen LogP contribution in [0.4, 0.5) is 11.5 Å². The van der Waals surface area contributed by atoms with Gasteiger partial charge in [0.15, 0.2) is 5.82 Å². The van der Waals surface area contributed by atoms with Gasteiger partial charge in [-0.1, -0.05) is 71.8 Å². The Morgan fingerprint density at radius 3 is 2.18 bits per heavy atom. The molecule has 0 aliphatic carbocycles. The van der Waals surface area contributed by atoms with Crippen molar-refractivity contribution in [1.29, 1.82) is 0 Å². The van der Waals surface area contributed by atoms with Crippen LogP contribution in [0.2, 0.25) is 0 Å². The Balaban J connectivity index is 1.37. The lowest BCUT2D eigenvalue weighted by Crippen LogP contribution is -1.99. The molecule has 0 spiro atoms. The summed E-state index contributed by atoms with van der Waals surface area (Å²) in [6, 6.07) is 31.3. The van der Waals surface area contributed by atoms with Gasteiger partial charge in [0.1, 0.15) is 12.0 Å². The Kier molecular flexibility index (Phi) is 4.81. The molecule has 5 heteroatoms. The van der Waals surface area contributed by atoms with Gasteiger partial charge in [-0.25, -0.2) is 4.98 Å². The van der Waals surface area contributed by atoms with E-state index in [1.165, 1.54) is 11.1 Å². The first kappa shape index (κ1) is 20.1. The zero-order valence-electron chi connectivity index (χ0n) is 19.0. The minimum atomic E-state index is 0.726. The number of benzene rings is 4. The molecular formula is C29H23N5. The number of aryl methyl sites for hydroxylation is 2. The lowest BCUT2D eigenvalue weighted by Gasteiger charge is -2.12. The third-order valence-corrected chi connectivity index (χ3v) is 6.13. The minimum Gasteiger partial charge on any atom is -0.338 e. The fourth-order valence-corrected chi connectivity index (χ4v) is 4.26. The number of hydrogen-bond donors (Lipinski definition) is 1. The predicted molar refractivity (Wildman–Crippen MR) is 139 cm³/mol. The Bertz CT molecular complexity index is 1630. The lowest BCUT2D eigenvalue weighted by molar-refractivity contribution is 1.06. The fraction of sp³-hybridized carbons (Fsp3) is 0.0690. The van der Waals surface area contributed by atoms with Crippen LogP contribution in [-0.4, -0.2) is 19.7 Å². The zero-order valence-corrected chi connectivity index (χ0v) is 19.0. The van der Waals surface area contributed by atoms with Crippen molar-refractivity contribution >= 4 is 33.3 Å². The van der Waals surface area contributed by atoms with Gasteiger partial charge in [-0.3, -0.25) is 4.57 Å². The Hall–Kier alpha value is -4.51. The fourth-order valence-electron chi connectivity index (χ4n) is 4.26. The summed E-state index contributed by atoms with van der Waals surface area (Å²) in [6.45, 7) is 4.18. The molecule has 1 N–H and O–H groups in total. The van der Waals surface area contributed by atoms with Gasteiger partial charge >= 0.3 is 0 Å². The monoisotopic (exact) mass is 441 g/mol. The number of nitrogens with one attached hydrogen (secondary N) is 1. The molecule has 0 unspecified atom stereocenters. The van der Waals surface area contributed by atoms with Crippen LogP contribution in [0.3, 0.4) is 0 Å². The molecule has 6 rings (SSSR count). The van der Waals surface area contributed by atoms with Crippen LogP contribution in [0.5, 0.6) is 0 Å². The maximum Gasteiger partial charge on any atom is 0.161 e. The highest BCUT2D eigenvalue weighted by atomic mass is 15.2. The summed E-state index contributed by atoms with van der Waals surface area (Å²) in [6.07, 6.45) is 1.87. The van der Waals surface area contributed by atoms with E-state index < -0.39 is 0 Å². The topological polar surface area (TPSA) is 55.6 Å². The summed E-state index contributed by atoms with van der Waals surface area (Å²) in [5, 5.41) is 14.7. The standard InChI is InChI=1S/C29H23N5/c1-19-7-11-21(12-8-19)28-24-5-3-4-6-25(24)29(33-32-28)31-22-13-16-27-26(17-22)30-18-34(27)23-14-9-20(2)10-15-23/h3-18H,1-2H3,(H,31,33). The van der Waals surface area contributed by atoms with Crippen LogP contribution in [0.1, 0.15) is 11.1 Å². The van der Waals surface area contributed by atoms with E-state index in [1.807, 2.05) is 24.5 Å². The van der Waals surface area contributed by atoms with Crippen molar-refractivity contribution in [3.8, 4) is 16.9 Å². The molecule has 2 heterocycles. The summed E-state index contributed by atoms with van der Waals surface area (Å²) in [4.78, 5) is 4.63. The van der Waals surface area contributed by atoms with E-state index in [-0.39, 0.29) is 0 Å². The second-order valence-electron chi connectivity index (χ2n) is 8.59. The maximum absolute atomic E-state index is 4.63. The molecule has 0 saturated heterocycles. The average Bonchev–Trinajstić information content (AvgIpc) is 3.29. The van der Waals surface area contributed by atoms with Gasteiger partial charge in [-0.2, -0.15) is 0 Å². The van der Waals surface area contributed by atoms with E-state index in [1.54, 1.807) is 0 Å². The normalized spacial score (nSPS) is 11.2. The van der Waals surface area contributed by atoms with E-state index in [0.717, 1.165) is 50.3 Å². The summed E-state index contributed by atoms with van der Waals surface area (Å²) in [7, 11) is 0. The number of fused-ring (bicyclic) bond motifs is 2. The number of imidazole rings is 1. The van der Waals surface area contributed by atoms with Gasteiger partial charge in [0.2, 0.25) is 0 Å². The van der Waals surface area contributed by atoms with E-state index in [2.05, 4.69) is 112 Å². The van der Waals surface area contributed by atoms with Gasteiger partial charge in [0, 0.05) is 27.7 Å². The SMILES string of the molecule is Cc1ccc(-c2nnc(Nc3ccc4c(c3)ncn4-c3ccc(C)cc3)c3ccccc23)cc1. The second kappa shape index (κ2) is 8.12. The molecule has 0 atom stereocenters. The third-order valence-electron chi connectivity index (χ3n) is 6.13. The zero-order chi connectivity index (χ0) is 23.1. The van der Waals surface area contributed by atoms with E-state index in [4.69, 9.17) is 0 Å². The smallest absolute Gasteiger partial charge is 0.161 e. The largest absolute Gasteiger partial charge is 0.338 e. The molecule has 0 aliphatic heterocycles. The first-order valence-electron chi connectivity index (χ1n) is 11.3. The molecule has 4 aromatic carbocycles. The van der Waals surface area contributed by atoms with Crippen molar-refractivity contribution in [2.75, 3.05) is 5.32 Å². The van der Waals surface area contributed by atoms with E-state index >= 15 is 0 Å². The molecule has 0 radical (unpaired) electrons. The maximum atomic E-state index is 4.63. The molecule has 0 bridgehead atoms. The van der Waals surface area contributed by atoms with Gasteiger partial charge < -0.3 is 5.32 Å². The van der Waals surface area contributed by atoms with Crippen molar-refractivity contribution in [3.05, 3.63) is 108 Å². The molecule has 34 heavy (non-hydrogen) atoms. The van der Waals surface area contributed by atoms with Gasteiger partial charge in [0.05, 0.1) is 11.0 Å². The molecule has 0 amide bonds. The van der Waals surface area contributed by atoms with Crippen LogP contribution < -0.4 is 5.32 Å². The summed E-state index contributed by atoms with van der Waals surface area (Å²) >= 11 is 0. The van der Waals surface area contributed by atoms with Crippen LogP contribution in [0.15, 0.2) is 97.3 Å². The molecule has 164 valence electrons. The number of hydrogen-bond acceptors (Lipinski definition) is 4. The highest BCUT2D eigenvalue weighted by molar-refractivity contribution is 6.01. The number of anilines is 2. The molecular weight excluding hydrogens is 418 g/mol. The van der Waals surface area contributed by atoms with E-state index in [0.29, 0.717) is 0 Å². The lowest BCUT2D eigenvalue weighted by atomic mass is 10.0. The van der Waals surface area contributed by atoms with Gasteiger partial charge in [-0.15, -0.1) is 10.2 Å². The molecule has 0 fully saturated rings. The second-order valence-corrected chi connectivity index (χ2v) is 8.59. The van der Waals surface area contributed by atoms with Crippen LogP contribution >= 0.6 is 0 Å². The van der Waals surface area contributed by atoms with Crippen LogP contribution in [0, 0.1) is 13.8 Å². The van der Waals surface area contributed by atoms with Crippen molar-refractivity contribution in [1.82, 2.24) is 19.7 Å². The van der Waals surface area contributed by atoms with Crippen molar-refractivity contribution in [2.24, 2.45) is 0 Å². The molecule has 5 nitrogen and oxygen atoms in total. The Morgan fingerprint density at radius 2 is 1.41 bits per heavy atom. The Labute approximate surface area is 197 Å². The van der Waals surface area contributed by atoms with Crippen molar-refractivity contribution in [2.45, 2.75) is 13.8 Å². The minimum absolute atomic E-state index is 0.726. The highest BCUT2D eigenvalue weighted by Crippen LogP contribution is 2.32. The van der Waals surface area contributed by atoms with Crippen molar-refractivity contribution < 1.29 is 0 Å². The average molecular weight is 442 g/mol. The summed E-state index contributed by atoms with van der Waals surface area (Å²) < 4.78 is 2.10. The predicted octanol–water partition coefficient (Wildman–Crippen LogP) is 7.00. The number of nitrogens with zero attached hydrogens (tertiary/aromatic N) is 4. The highest BCUT2D eigenvalue weighted by Gasteiger charge is 2.12. The first-order valence-corrected chi connectivity index (χ1v) is 11.3. The molecule has 0 aliphatic rings. The summed E-state index contributed by atoms with van der Waals surface area (Å²) in [5.74, 6) is 0.726. The van der Waals surface area contributed by atoms with Crippen LogP contribution in [-0.2, 0) is 0 Å². The van der Waals surface area contributed by atoms with Crippen molar-refractivity contribution in [3.63, 3.8) is 0 Å². The number of rotatable bonds is 4. The van der Waals surface area contributed by atoms with Crippen LogP contribution in [0.25, 0.3) is 38.8 Å². The van der Waals surface area contributed by atoms with E-state index in [9.17, 15) is 0 Å².